The quantitative estimate of drug-likeness (QED) is 0.194. The minimum atomic E-state index is -1.58. The van der Waals surface area contributed by atoms with Crippen LogP contribution in [0.2, 0.25) is 5.02 Å². The first kappa shape index (κ1) is 37.7. The van der Waals surface area contributed by atoms with Crippen molar-refractivity contribution in [1.82, 2.24) is 30.0 Å². The number of hydrogen-bond donors (Lipinski definition) is 2. The maximum atomic E-state index is 17.2. The number of aryl methyl sites for hydroxylation is 1. The number of pyridine rings is 1. The molecule has 0 bridgehead atoms. The van der Waals surface area contributed by atoms with Crippen LogP contribution in [0, 0.1) is 23.6 Å². The van der Waals surface area contributed by atoms with E-state index in [1.54, 1.807) is 11.1 Å². The third-order valence-corrected chi connectivity index (χ3v) is 15.0. The second-order valence-electron chi connectivity index (χ2n) is 16.1. The lowest BCUT2D eigenvalue weighted by Gasteiger charge is -2.60. The summed E-state index contributed by atoms with van der Waals surface area (Å²) in [5, 5.41) is 19.3. The van der Waals surface area contributed by atoms with Gasteiger partial charge in [-0.05, 0) is 81.9 Å². The summed E-state index contributed by atoms with van der Waals surface area (Å²) in [6, 6.07) is 2.73. The molecule has 1 spiro atoms. The van der Waals surface area contributed by atoms with E-state index in [0.29, 0.717) is 65.1 Å². The van der Waals surface area contributed by atoms with E-state index >= 15 is 4.39 Å². The second-order valence-corrected chi connectivity index (χ2v) is 18.0. The predicted molar refractivity (Wildman–Crippen MR) is 207 cm³/mol. The number of piperidine rings is 2. The first-order chi connectivity index (χ1) is 26.0. The largest absolute Gasteiger partial charge is 0.480 e. The van der Waals surface area contributed by atoms with Gasteiger partial charge in [0.2, 0.25) is 5.88 Å². The molecule has 54 heavy (non-hydrogen) atoms. The number of ether oxygens (including phenoxy) is 2. The van der Waals surface area contributed by atoms with E-state index in [-0.39, 0.29) is 51.7 Å². The monoisotopic (exact) mass is 785 g/mol. The lowest BCUT2D eigenvalue weighted by atomic mass is 9.64. The van der Waals surface area contributed by atoms with E-state index in [4.69, 9.17) is 31.0 Å². The average Bonchev–Trinajstić information content (AvgIpc) is 3.81. The highest BCUT2D eigenvalue weighted by atomic mass is 35.5. The fourth-order valence-corrected chi connectivity index (χ4v) is 12.2. The molecule has 4 aromatic rings. The van der Waals surface area contributed by atoms with Gasteiger partial charge in [-0.15, -0.1) is 0 Å². The van der Waals surface area contributed by atoms with Gasteiger partial charge in [0.05, 0.1) is 37.0 Å². The molecule has 3 atom stereocenters. The van der Waals surface area contributed by atoms with Crippen molar-refractivity contribution in [2.75, 3.05) is 56.4 Å². The van der Waals surface area contributed by atoms with Crippen LogP contribution in [0.3, 0.4) is 0 Å². The summed E-state index contributed by atoms with van der Waals surface area (Å²) in [4.78, 5) is 18.7. The number of aromatic amines is 1. The highest BCUT2D eigenvalue weighted by molar-refractivity contribution is 7.86. The van der Waals surface area contributed by atoms with Crippen molar-refractivity contribution in [1.29, 1.82) is 0 Å². The fourth-order valence-electron chi connectivity index (χ4n) is 10.2. The van der Waals surface area contributed by atoms with Crippen molar-refractivity contribution in [3.8, 4) is 23.1 Å². The summed E-state index contributed by atoms with van der Waals surface area (Å²) in [5.41, 5.74) is 0.252. The smallest absolute Gasteiger partial charge is 0.319 e. The highest BCUT2D eigenvalue weighted by Crippen LogP contribution is 2.55. The Bertz CT molecular complexity index is 2090. The molecule has 0 radical (unpaired) electrons. The Morgan fingerprint density at radius 3 is 2.61 bits per heavy atom. The standard InChI is InChI=1S/C37H44ClF2N7O4S.C2H6/c1-21-12-24-23(15-41-45-24)26(28(21)38)30-29(40)31-27(33(42-30)50-2)32(46-10-5-9-37(48,16-39)17-46)44-34(43-31)51-18-36-7-3-6-25(36)47(11-4-8-36)22-13-35(14-22)19-52(49)20-35;1-2/h12,15,22,25,48H,3-11,13-14,16-20H2,1-2H3,(H,41,45);1-2H3. The van der Waals surface area contributed by atoms with Crippen LogP contribution in [0.5, 0.6) is 11.9 Å². The molecule has 11 nitrogen and oxygen atoms in total. The molecule has 9 rings (SSSR count). The Morgan fingerprint density at radius 1 is 1.11 bits per heavy atom. The normalized spacial score (nSPS) is 30.8. The van der Waals surface area contributed by atoms with Gasteiger partial charge < -0.3 is 19.5 Å². The van der Waals surface area contributed by atoms with Crippen molar-refractivity contribution in [2.45, 2.75) is 96.2 Å². The van der Waals surface area contributed by atoms with E-state index in [1.165, 1.54) is 7.11 Å². The zero-order valence-electron chi connectivity index (χ0n) is 31.5. The van der Waals surface area contributed by atoms with Crippen molar-refractivity contribution < 1.29 is 27.6 Å². The van der Waals surface area contributed by atoms with Gasteiger partial charge in [-0.3, -0.25) is 14.2 Å². The van der Waals surface area contributed by atoms with Crippen LogP contribution < -0.4 is 14.4 Å². The van der Waals surface area contributed by atoms with Crippen molar-refractivity contribution >= 4 is 50.0 Å². The van der Waals surface area contributed by atoms with Gasteiger partial charge in [0.15, 0.2) is 5.82 Å². The Kier molecular flexibility index (Phi) is 10.0. The third-order valence-electron chi connectivity index (χ3n) is 12.7. The van der Waals surface area contributed by atoms with E-state index in [2.05, 4.69) is 20.1 Å². The molecule has 5 fully saturated rings. The number of aromatic nitrogens is 5. The number of H-pyrrole nitrogens is 1. The summed E-state index contributed by atoms with van der Waals surface area (Å²) in [5.74, 6) is 1.31. The topological polar surface area (TPSA) is 130 Å². The van der Waals surface area contributed by atoms with Gasteiger partial charge in [-0.2, -0.15) is 15.1 Å². The van der Waals surface area contributed by atoms with Gasteiger partial charge in [0.1, 0.15) is 34.7 Å². The number of β-amino-alcohol motifs (C(OH)–C–C–N with tert-alkyl or cyclic N) is 1. The molecule has 3 saturated heterocycles. The maximum Gasteiger partial charge on any atom is 0.319 e. The number of hydrogen-bond acceptors (Lipinski definition) is 10. The number of fused-ring (bicyclic) bond motifs is 3. The summed E-state index contributed by atoms with van der Waals surface area (Å²) >= 11 is 6.85. The number of methoxy groups -OCH3 is 1. The number of alkyl halides is 1. The van der Waals surface area contributed by atoms with Gasteiger partial charge in [0.25, 0.3) is 0 Å². The number of aliphatic hydroxyl groups is 1. The molecular formula is C39H50ClF2N7O4S. The molecule has 3 unspecified atom stereocenters. The zero-order chi connectivity index (χ0) is 38.0. The van der Waals surface area contributed by atoms with Crippen molar-refractivity contribution in [2.24, 2.45) is 10.8 Å². The number of benzene rings is 1. The average molecular weight is 786 g/mol. The lowest BCUT2D eigenvalue weighted by molar-refractivity contribution is -0.0719. The van der Waals surface area contributed by atoms with Gasteiger partial charge >= 0.3 is 6.01 Å². The molecule has 2 N–H and O–H groups in total. The molecule has 6 heterocycles. The van der Waals surface area contributed by atoms with Crippen LogP contribution in [-0.2, 0) is 10.8 Å². The van der Waals surface area contributed by atoms with Crippen LogP contribution in [0.4, 0.5) is 14.6 Å². The zero-order valence-corrected chi connectivity index (χ0v) is 33.1. The number of anilines is 1. The molecule has 3 aliphatic heterocycles. The van der Waals surface area contributed by atoms with Crippen LogP contribution in [-0.4, -0.2) is 109 Å². The lowest BCUT2D eigenvalue weighted by Crippen LogP contribution is -2.65. The molecule has 15 heteroatoms. The summed E-state index contributed by atoms with van der Waals surface area (Å²) in [6.45, 7) is 6.76. The van der Waals surface area contributed by atoms with Crippen LogP contribution in [0.15, 0.2) is 12.3 Å². The van der Waals surface area contributed by atoms with E-state index in [1.807, 2.05) is 26.8 Å². The number of nitrogens with one attached hydrogen (secondary N) is 1. The predicted octanol–water partition coefficient (Wildman–Crippen LogP) is 6.93. The Morgan fingerprint density at radius 2 is 1.87 bits per heavy atom. The van der Waals surface area contributed by atoms with Gasteiger partial charge in [-0.1, -0.05) is 31.9 Å². The summed E-state index contributed by atoms with van der Waals surface area (Å²) in [6.07, 6.45) is 9.95. The summed E-state index contributed by atoms with van der Waals surface area (Å²) in [7, 11) is 0.796. The number of rotatable bonds is 8. The first-order valence-corrected chi connectivity index (χ1v) is 21.3. The van der Waals surface area contributed by atoms with Crippen molar-refractivity contribution in [3.05, 3.63) is 28.7 Å². The van der Waals surface area contributed by atoms with Crippen LogP contribution in [0.25, 0.3) is 33.1 Å². The number of likely N-dealkylation sites (tertiary alicyclic amines) is 1. The van der Waals surface area contributed by atoms with E-state index < -0.39 is 28.9 Å². The fraction of sp³-hybridized carbons (Fsp3) is 0.641. The second kappa shape index (κ2) is 14.4. The highest BCUT2D eigenvalue weighted by Gasteiger charge is 2.58. The maximum absolute atomic E-state index is 17.2. The van der Waals surface area contributed by atoms with Gasteiger partial charge in [-0.25, -0.2) is 13.8 Å². The molecule has 5 aliphatic rings. The van der Waals surface area contributed by atoms with E-state index in [0.717, 1.165) is 63.0 Å². The Hall–Kier alpha value is -3.20. The molecule has 0 amide bonds. The minimum Gasteiger partial charge on any atom is -0.480 e. The summed E-state index contributed by atoms with van der Waals surface area (Å²) < 4.78 is 55.6. The van der Waals surface area contributed by atoms with Gasteiger partial charge in [0, 0.05) is 57.3 Å². The first-order valence-electron chi connectivity index (χ1n) is 19.4. The molecule has 2 aliphatic carbocycles. The third kappa shape index (κ3) is 6.23. The Balaban J connectivity index is 0.00000203. The molecule has 292 valence electrons. The number of halogens is 3. The molecule has 3 aromatic heterocycles. The molecule has 1 aromatic carbocycles. The minimum absolute atomic E-state index is 0.00968. The number of nitrogens with zero attached hydrogens (tertiary/aromatic N) is 6. The Labute approximate surface area is 322 Å². The molecule has 2 saturated carbocycles. The van der Waals surface area contributed by atoms with E-state index in [9.17, 15) is 13.7 Å². The van der Waals surface area contributed by atoms with Crippen LogP contribution in [0.1, 0.15) is 77.2 Å². The van der Waals surface area contributed by atoms with Crippen molar-refractivity contribution in [3.63, 3.8) is 0 Å². The SMILES string of the molecule is CC.COc1nc(-c2c(Cl)c(C)cc3[nH]ncc23)c(F)c2nc(OCC34CCCC3N(C3CC5(C3)CS(=O)C5)CCC4)nc(N3CCCC(O)(CF)C3)c12. The van der Waals surface area contributed by atoms with Crippen LogP contribution >= 0.6 is 11.6 Å². The molecular weight excluding hydrogens is 736 g/mol.